The molecule has 2 heterocycles. The van der Waals surface area contributed by atoms with E-state index >= 15 is 0 Å². The van der Waals surface area contributed by atoms with Gasteiger partial charge in [-0.1, -0.05) is 24.8 Å². The van der Waals surface area contributed by atoms with Crippen molar-refractivity contribution in [2.75, 3.05) is 5.75 Å². The van der Waals surface area contributed by atoms with Crippen molar-refractivity contribution < 1.29 is 4.55 Å². The summed E-state index contributed by atoms with van der Waals surface area (Å²) >= 11 is -1.19. The third-order valence-electron chi connectivity index (χ3n) is 2.92. The van der Waals surface area contributed by atoms with E-state index in [-0.39, 0.29) is 0 Å². The van der Waals surface area contributed by atoms with Gasteiger partial charge in [-0.3, -0.25) is 9.97 Å². The molecule has 4 nitrogen and oxygen atoms in total. The number of nitrogens with zero attached hydrogens (tertiary/aromatic N) is 2. The van der Waals surface area contributed by atoms with E-state index in [0.29, 0.717) is 10.9 Å². The second-order valence-electron chi connectivity index (χ2n) is 4.26. The highest BCUT2D eigenvalue weighted by molar-refractivity contribution is 7.91. The van der Waals surface area contributed by atoms with Crippen molar-refractivity contribution in [2.24, 2.45) is 0 Å². The first-order chi connectivity index (χ1) is 9.79. The maximum atomic E-state index is 12.0. The molecular weight excluding hydrogens is 270 g/mol. The molecule has 0 spiro atoms. The van der Waals surface area contributed by atoms with E-state index in [4.69, 9.17) is 0 Å². The molecule has 0 amide bonds. The summed E-state index contributed by atoms with van der Waals surface area (Å²) in [6.45, 7) is 3.60. The van der Waals surface area contributed by atoms with Crippen molar-refractivity contribution in [3.8, 4) is 11.3 Å². The Bertz CT molecular complexity index is 739. The zero-order valence-electron chi connectivity index (χ0n) is 10.7. The van der Waals surface area contributed by atoms with Crippen molar-refractivity contribution in [2.45, 2.75) is 5.16 Å². The normalized spacial score (nSPS) is 12.4. The van der Waals surface area contributed by atoms with Gasteiger partial charge in [0.05, 0.1) is 11.2 Å². The lowest BCUT2D eigenvalue weighted by Crippen LogP contribution is -2.06. The van der Waals surface area contributed by atoms with Crippen LogP contribution >= 0.6 is 0 Å². The van der Waals surface area contributed by atoms with Crippen LogP contribution in [0.25, 0.3) is 22.3 Å². The average Bonchev–Trinajstić information content (AvgIpc) is 2.92. The predicted octanol–water partition coefficient (Wildman–Crippen LogP) is 2.92. The van der Waals surface area contributed by atoms with Gasteiger partial charge in [-0.2, -0.15) is 4.98 Å². The van der Waals surface area contributed by atoms with Crippen LogP contribution in [-0.2, 0) is 11.2 Å². The van der Waals surface area contributed by atoms with Gasteiger partial charge in [0.15, 0.2) is 0 Å². The fourth-order valence-corrected chi connectivity index (χ4v) is 2.82. The number of imidazole rings is 1. The smallest absolute Gasteiger partial charge is 0.321 e. The lowest BCUT2D eigenvalue weighted by Gasteiger charge is -2.02. The van der Waals surface area contributed by atoms with Gasteiger partial charge in [0.1, 0.15) is 11.3 Å². The van der Waals surface area contributed by atoms with Crippen molar-refractivity contribution in [1.29, 1.82) is 0 Å². The quantitative estimate of drug-likeness (QED) is 0.591. The molecule has 0 aliphatic carbocycles. The van der Waals surface area contributed by atoms with Crippen LogP contribution in [0.5, 0.6) is 0 Å². The standard InChI is InChI=1S/C15H13N3OS/c1-2-10-20(19)15-17-13-8-5-6-11(14(13)18-15)12-7-3-4-9-16-12/h2-9H,1,10H2,(H,17,18). The van der Waals surface area contributed by atoms with Gasteiger partial charge in [0.25, 0.3) is 0 Å². The minimum absolute atomic E-state index is 0.388. The van der Waals surface area contributed by atoms with Crippen molar-refractivity contribution >= 4 is 22.2 Å². The van der Waals surface area contributed by atoms with Crippen molar-refractivity contribution in [3.05, 3.63) is 55.3 Å². The lowest BCUT2D eigenvalue weighted by molar-refractivity contribution is 0.591. The Balaban J connectivity index is 2.13. The molecule has 0 saturated carbocycles. The fourth-order valence-electron chi connectivity index (χ4n) is 2.03. The first kappa shape index (κ1) is 12.9. The molecule has 0 bridgehead atoms. The van der Waals surface area contributed by atoms with Gasteiger partial charge in [-0.15, -0.1) is 0 Å². The van der Waals surface area contributed by atoms with Gasteiger partial charge in [0.2, 0.25) is 0 Å². The van der Waals surface area contributed by atoms with Crippen LogP contribution in [0.3, 0.4) is 0 Å². The van der Waals surface area contributed by atoms with E-state index in [9.17, 15) is 4.55 Å². The summed E-state index contributed by atoms with van der Waals surface area (Å²) in [7, 11) is 0. The second-order valence-corrected chi connectivity index (χ2v) is 5.67. The number of rotatable bonds is 4. The van der Waals surface area contributed by atoms with Crippen LogP contribution in [0.2, 0.25) is 0 Å². The van der Waals surface area contributed by atoms with Crippen LogP contribution in [-0.4, -0.2) is 25.3 Å². The summed E-state index contributed by atoms with van der Waals surface area (Å²) in [4.78, 5) is 11.9. The highest BCUT2D eigenvalue weighted by Crippen LogP contribution is 2.26. The molecule has 20 heavy (non-hydrogen) atoms. The van der Waals surface area contributed by atoms with Crippen LogP contribution in [0.1, 0.15) is 0 Å². The monoisotopic (exact) mass is 283 g/mol. The van der Waals surface area contributed by atoms with E-state index < -0.39 is 11.2 Å². The van der Waals surface area contributed by atoms with Crippen molar-refractivity contribution in [1.82, 2.24) is 15.0 Å². The van der Waals surface area contributed by atoms with Crippen LogP contribution in [0.15, 0.2) is 60.4 Å². The number of aromatic amines is 1. The summed E-state index contributed by atoms with van der Waals surface area (Å²) in [6.07, 6.45) is 3.38. The summed E-state index contributed by atoms with van der Waals surface area (Å²) < 4.78 is 12.0. The molecule has 3 rings (SSSR count). The molecule has 100 valence electrons. The maximum absolute atomic E-state index is 12.0. The topological polar surface area (TPSA) is 64.6 Å². The van der Waals surface area contributed by atoms with E-state index in [1.165, 1.54) is 0 Å². The highest BCUT2D eigenvalue weighted by atomic mass is 32.2. The number of para-hydroxylation sites is 1. The molecule has 2 aromatic heterocycles. The number of hydrogen-bond donors (Lipinski definition) is 1. The molecular formula is C15H13N3OS. The number of nitrogens with one attached hydrogen (secondary N) is 1. The van der Waals surface area contributed by atoms with Gasteiger partial charge in [0, 0.05) is 22.9 Å². The minimum atomic E-state index is -1.19. The molecule has 0 saturated heterocycles. The zero-order chi connectivity index (χ0) is 13.9. The van der Waals surface area contributed by atoms with Gasteiger partial charge < -0.3 is 4.55 Å². The molecule has 0 fully saturated rings. The Morgan fingerprint density at radius 3 is 2.90 bits per heavy atom. The molecule has 1 unspecified atom stereocenters. The minimum Gasteiger partial charge on any atom is -0.609 e. The number of H-pyrrole nitrogens is 1. The first-order valence-corrected chi connectivity index (χ1v) is 7.51. The Labute approximate surface area is 119 Å². The molecule has 0 aliphatic heterocycles. The number of hydrogen-bond acceptors (Lipinski definition) is 3. The van der Waals surface area contributed by atoms with E-state index in [1.807, 2.05) is 36.4 Å². The zero-order valence-corrected chi connectivity index (χ0v) is 11.6. The first-order valence-electron chi connectivity index (χ1n) is 6.19. The third kappa shape index (κ3) is 2.33. The third-order valence-corrected chi connectivity index (χ3v) is 4.08. The van der Waals surface area contributed by atoms with Gasteiger partial charge >= 0.3 is 5.16 Å². The summed E-state index contributed by atoms with van der Waals surface area (Å²) in [5.41, 5.74) is 3.44. The fraction of sp³-hybridized carbons (Fsp3) is 0.0667. The number of fused-ring (bicyclic) bond motifs is 1. The molecule has 1 aromatic carbocycles. The highest BCUT2D eigenvalue weighted by Gasteiger charge is 2.17. The van der Waals surface area contributed by atoms with E-state index in [2.05, 4.69) is 21.5 Å². The maximum Gasteiger partial charge on any atom is 0.321 e. The second kappa shape index (κ2) is 5.48. The van der Waals surface area contributed by atoms with Crippen molar-refractivity contribution in [3.63, 3.8) is 0 Å². The average molecular weight is 283 g/mol. The summed E-state index contributed by atoms with van der Waals surface area (Å²) in [6, 6.07) is 11.6. The Kier molecular flexibility index (Phi) is 3.54. The van der Waals surface area contributed by atoms with Gasteiger partial charge in [-0.05, 0) is 24.3 Å². The number of pyridine rings is 1. The molecule has 1 N–H and O–H groups in total. The van der Waals surface area contributed by atoms with E-state index in [1.54, 1.807) is 12.3 Å². The molecule has 5 heteroatoms. The SMILES string of the molecule is C=CC[S+]([O-])c1nc2c(-c3ccccn3)cccc2[nH]1. The Morgan fingerprint density at radius 1 is 1.25 bits per heavy atom. The summed E-state index contributed by atoms with van der Waals surface area (Å²) in [5.74, 6) is 0.388. The van der Waals surface area contributed by atoms with Gasteiger partial charge in [-0.25, -0.2) is 0 Å². The Morgan fingerprint density at radius 2 is 2.15 bits per heavy atom. The van der Waals surface area contributed by atoms with Crippen LogP contribution < -0.4 is 0 Å². The summed E-state index contributed by atoms with van der Waals surface area (Å²) in [5, 5.41) is 0.475. The van der Waals surface area contributed by atoms with Crippen LogP contribution in [0, 0.1) is 0 Å². The molecule has 1 atom stereocenters. The predicted molar refractivity (Wildman–Crippen MR) is 80.8 cm³/mol. The number of benzene rings is 1. The molecule has 3 aromatic rings. The van der Waals surface area contributed by atoms with Crippen LogP contribution in [0.4, 0.5) is 0 Å². The molecule has 0 radical (unpaired) electrons. The lowest BCUT2D eigenvalue weighted by atomic mass is 10.1. The van der Waals surface area contributed by atoms with E-state index in [0.717, 1.165) is 22.3 Å². The number of aromatic nitrogens is 3. The Hall–Kier alpha value is -2.11. The molecule has 0 aliphatic rings. The largest absolute Gasteiger partial charge is 0.609 e.